The van der Waals surface area contributed by atoms with Gasteiger partial charge in [0.15, 0.2) is 0 Å². The van der Waals surface area contributed by atoms with Gasteiger partial charge in [-0.1, -0.05) is 17.8 Å². The number of aryl methyl sites for hydroxylation is 1. The number of carbonyl (C=O) groups excluding carboxylic acids is 2. The first-order chi connectivity index (χ1) is 10.5. The topological polar surface area (TPSA) is 91.0 Å². The Hall–Kier alpha value is -2.35. The lowest BCUT2D eigenvalue weighted by atomic mass is 10.2. The number of benzene rings is 1. The van der Waals surface area contributed by atoms with Gasteiger partial charge in [0.1, 0.15) is 5.82 Å². The number of H-pyrrole nitrogens is 1. The molecule has 8 heteroatoms. The summed E-state index contributed by atoms with van der Waals surface area (Å²) in [6, 6.07) is 6.84. The van der Waals surface area contributed by atoms with Crippen molar-refractivity contribution in [3.8, 4) is 0 Å². The van der Waals surface area contributed by atoms with Crippen LogP contribution in [0.25, 0.3) is 0 Å². The molecule has 2 rings (SSSR count). The molecule has 2 amide bonds. The van der Waals surface area contributed by atoms with Gasteiger partial charge < -0.3 is 10.2 Å². The van der Waals surface area contributed by atoms with Crippen LogP contribution < -0.4 is 5.32 Å². The summed E-state index contributed by atoms with van der Waals surface area (Å²) < 4.78 is 0. The number of aromatic amines is 1. The number of hydrogen-bond acceptors (Lipinski definition) is 5. The number of rotatable bonds is 5. The molecule has 0 unspecified atom stereocenters. The van der Waals surface area contributed by atoms with Gasteiger partial charge in [0.05, 0.1) is 5.75 Å². The van der Waals surface area contributed by atoms with E-state index in [2.05, 4.69) is 20.5 Å². The van der Waals surface area contributed by atoms with Crippen molar-refractivity contribution in [1.82, 2.24) is 20.1 Å². The zero-order valence-corrected chi connectivity index (χ0v) is 13.4. The second-order valence-electron chi connectivity index (χ2n) is 4.82. The van der Waals surface area contributed by atoms with E-state index in [1.54, 1.807) is 45.3 Å². The molecule has 0 aliphatic heterocycles. The highest BCUT2D eigenvalue weighted by atomic mass is 32.2. The van der Waals surface area contributed by atoms with Crippen LogP contribution in [0.3, 0.4) is 0 Å². The number of hydrogen-bond donors (Lipinski definition) is 2. The monoisotopic (exact) mass is 319 g/mol. The van der Waals surface area contributed by atoms with Gasteiger partial charge in [-0.3, -0.25) is 14.7 Å². The van der Waals surface area contributed by atoms with E-state index < -0.39 is 0 Å². The first kappa shape index (κ1) is 16.0. The lowest BCUT2D eigenvalue weighted by molar-refractivity contribution is -0.113. The van der Waals surface area contributed by atoms with Crippen molar-refractivity contribution in [1.29, 1.82) is 0 Å². The molecule has 0 fully saturated rings. The molecule has 116 valence electrons. The van der Waals surface area contributed by atoms with Crippen molar-refractivity contribution < 1.29 is 9.59 Å². The molecule has 1 aromatic carbocycles. The van der Waals surface area contributed by atoms with Crippen LogP contribution >= 0.6 is 11.8 Å². The van der Waals surface area contributed by atoms with E-state index >= 15 is 0 Å². The molecule has 1 aromatic heterocycles. The van der Waals surface area contributed by atoms with Gasteiger partial charge in [-0.15, -0.1) is 5.10 Å². The van der Waals surface area contributed by atoms with E-state index in [1.807, 2.05) is 0 Å². The summed E-state index contributed by atoms with van der Waals surface area (Å²) in [5.74, 6) is 0.616. The molecule has 0 aliphatic carbocycles. The fourth-order valence-corrected chi connectivity index (χ4v) is 2.35. The second kappa shape index (κ2) is 7.08. The van der Waals surface area contributed by atoms with Crippen LogP contribution in [0.4, 0.5) is 5.69 Å². The Morgan fingerprint density at radius 1 is 1.36 bits per heavy atom. The summed E-state index contributed by atoms with van der Waals surface area (Å²) in [5, 5.41) is 9.95. The molecule has 0 aliphatic rings. The number of nitrogens with one attached hydrogen (secondary N) is 2. The van der Waals surface area contributed by atoms with Crippen molar-refractivity contribution in [2.24, 2.45) is 0 Å². The van der Waals surface area contributed by atoms with Gasteiger partial charge in [-0.2, -0.15) is 0 Å². The highest BCUT2D eigenvalue weighted by molar-refractivity contribution is 7.99. The largest absolute Gasteiger partial charge is 0.345 e. The molecular weight excluding hydrogens is 302 g/mol. The molecule has 2 aromatic rings. The smallest absolute Gasteiger partial charge is 0.253 e. The molecule has 7 nitrogen and oxygen atoms in total. The Labute approximate surface area is 132 Å². The first-order valence-electron chi connectivity index (χ1n) is 6.59. The number of carbonyl (C=O) groups is 2. The maximum absolute atomic E-state index is 11.9. The van der Waals surface area contributed by atoms with Crippen LogP contribution in [-0.4, -0.2) is 51.7 Å². The van der Waals surface area contributed by atoms with E-state index in [-0.39, 0.29) is 17.6 Å². The zero-order valence-electron chi connectivity index (χ0n) is 12.6. The summed E-state index contributed by atoms with van der Waals surface area (Å²) in [6.07, 6.45) is 0. The summed E-state index contributed by atoms with van der Waals surface area (Å²) >= 11 is 1.24. The van der Waals surface area contributed by atoms with Gasteiger partial charge in [0, 0.05) is 25.3 Å². The molecular formula is C14H17N5O2S. The van der Waals surface area contributed by atoms with Gasteiger partial charge in [0.25, 0.3) is 5.91 Å². The SMILES string of the molecule is Cc1nc(SCC(=O)Nc2cccc(C(=O)N(C)C)c2)n[nH]1. The molecule has 0 radical (unpaired) electrons. The minimum absolute atomic E-state index is 0.110. The van der Waals surface area contributed by atoms with Crippen LogP contribution in [0, 0.1) is 6.92 Å². The fraction of sp³-hybridized carbons (Fsp3) is 0.286. The maximum atomic E-state index is 11.9. The molecule has 1 heterocycles. The van der Waals surface area contributed by atoms with Crippen LogP contribution in [0.15, 0.2) is 29.4 Å². The summed E-state index contributed by atoms with van der Waals surface area (Å²) in [4.78, 5) is 29.4. The quantitative estimate of drug-likeness (QED) is 0.816. The average Bonchev–Trinajstić information content (AvgIpc) is 2.90. The number of anilines is 1. The molecule has 2 N–H and O–H groups in total. The normalized spacial score (nSPS) is 10.3. The Morgan fingerprint density at radius 2 is 2.14 bits per heavy atom. The predicted octanol–water partition coefficient (Wildman–Crippen LogP) is 1.55. The highest BCUT2D eigenvalue weighted by Crippen LogP contribution is 2.15. The molecule has 0 saturated heterocycles. The Kier molecular flexibility index (Phi) is 5.16. The van der Waals surface area contributed by atoms with Gasteiger partial charge in [-0.05, 0) is 25.1 Å². The van der Waals surface area contributed by atoms with Gasteiger partial charge in [-0.25, -0.2) is 4.98 Å². The minimum atomic E-state index is -0.179. The van der Waals surface area contributed by atoms with Crippen molar-refractivity contribution in [3.63, 3.8) is 0 Å². The third kappa shape index (κ3) is 4.32. The lowest BCUT2D eigenvalue weighted by Gasteiger charge is -2.11. The van der Waals surface area contributed by atoms with Crippen LogP contribution in [0.1, 0.15) is 16.2 Å². The zero-order chi connectivity index (χ0) is 16.1. The van der Waals surface area contributed by atoms with E-state index in [4.69, 9.17) is 0 Å². The molecule has 0 bridgehead atoms. The number of nitrogens with zero attached hydrogens (tertiary/aromatic N) is 3. The number of aromatic nitrogens is 3. The Bertz CT molecular complexity index is 683. The maximum Gasteiger partial charge on any atom is 0.253 e. The van der Waals surface area contributed by atoms with Crippen LogP contribution in [0.5, 0.6) is 0 Å². The van der Waals surface area contributed by atoms with Crippen LogP contribution in [0.2, 0.25) is 0 Å². The lowest BCUT2D eigenvalue weighted by Crippen LogP contribution is -2.22. The molecule has 0 atom stereocenters. The first-order valence-corrected chi connectivity index (χ1v) is 7.57. The second-order valence-corrected chi connectivity index (χ2v) is 5.76. The molecule has 0 spiro atoms. The Balaban J connectivity index is 1.94. The van der Waals surface area contributed by atoms with Gasteiger partial charge in [0.2, 0.25) is 11.1 Å². The van der Waals surface area contributed by atoms with E-state index in [1.165, 1.54) is 16.7 Å². The van der Waals surface area contributed by atoms with Crippen molar-refractivity contribution >= 4 is 29.3 Å². The summed E-state index contributed by atoms with van der Waals surface area (Å²) in [5.41, 5.74) is 1.12. The van der Waals surface area contributed by atoms with Crippen molar-refractivity contribution in [2.75, 3.05) is 25.2 Å². The van der Waals surface area contributed by atoms with E-state index in [9.17, 15) is 9.59 Å². The molecule has 0 saturated carbocycles. The van der Waals surface area contributed by atoms with E-state index in [0.717, 1.165) is 0 Å². The summed E-state index contributed by atoms with van der Waals surface area (Å²) in [6.45, 7) is 1.80. The Morgan fingerprint density at radius 3 is 2.77 bits per heavy atom. The minimum Gasteiger partial charge on any atom is -0.345 e. The molecule has 22 heavy (non-hydrogen) atoms. The number of thioether (sulfide) groups is 1. The van der Waals surface area contributed by atoms with E-state index in [0.29, 0.717) is 22.2 Å². The van der Waals surface area contributed by atoms with Crippen LogP contribution in [-0.2, 0) is 4.79 Å². The average molecular weight is 319 g/mol. The van der Waals surface area contributed by atoms with Gasteiger partial charge >= 0.3 is 0 Å². The third-order valence-corrected chi connectivity index (χ3v) is 3.56. The van der Waals surface area contributed by atoms with Crippen molar-refractivity contribution in [3.05, 3.63) is 35.7 Å². The van der Waals surface area contributed by atoms with Crippen molar-refractivity contribution in [2.45, 2.75) is 12.1 Å². The fourth-order valence-electron chi connectivity index (χ4n) is 1.70. The highest BCUT2D eigenvalue weighted by Gasteiger charge is 2.10. The predicted molar refractivity (Wildman–Crippen MR) is 84.9 cm³/mol. The third-order valence-electron chi connectivity index (χ3n) is 2.71. The standard InChI is InChI=1S/C14H17N5O2S/c1-9-15-14(18-17-9)22-8-12(20)16-11-6-4-5-10(7-11)13(21)19(2)3/h4-7H,8H2,1-3H3,(H,16,20)(H,15,17,18). The number of amides is 2. The summed E-state index contributed by atoms with van der Waals surface area (Å²) in [7, 11) is 3.37.